The summed E-state index contributed by atoms with van der Waals surface area (Å²) in [5, 5.41) is 28.6. The molecule has 0 amide bonds. The van der Waals surface area contributed by atoms with E-state index < -0.39 is 18.9 Å². The quantitative estimate of drug-likeness (QED) is 0.0494. The molecular weight excluding hydrogens is 552 g/mol. The Bertz CT molecular complexity index is 1020. The molecule has 2 aliphatic rings. The Morgan fingerprint density at radius 2 is 1.50 bits per heavy atom. The minimum Gasteiger partial charge on any atom is -0.462 e. The summed E-state index contributed by atoms with van der Waals surface area (Å²) in [5.74, 6) is 2.72. The van der Waals surface area contributed by atoms with Gasteiger partial charge in [0.15, 0.2) is 6.29 Å². The summed E-state index contributed by atoms with van der Waals surface area (Å²) >= 11 is 0. The van der Waals surface area contributed by atoms with Crippen molar-refractivity contribution in [1.82, 2.24) is 0 Å². The average Bonchev–Trinajstić information content (AvgIpc) is 3.06. The highest BCUT2D eigenvalue weighted by atomic mass is 16.6. The molecule has 2 unspecified atom stereocenters. The number of hydrogen-bond donors (Lipinski definition) is 3. The lowest BCUT2D eigenvalue weighted by Gasteiger charge is -2.38. The number of esters is 1. The number of hydrogen-bond acceptors (Lipinski definition) is 6. The fraction of sp³-hybridized carbons (Fsp3) is 0.711. The molecule has 248 valence electrons. The summed E-state index contributed by atoms with van der Waals surface area (Å²) in [6, 6.07) is 6.43. The Morgan fingerprint density at radius 1 is 0.864 bits per heavy atom. The monoisotopic (exact) mass is 612 g/mol. The maximum absolute atomic E-state index is 12.2. The van der Waals surface area contributed by atoms with Crippen LogP contribution >= 0.6 is 0 Å². The van der Waals surface area contributed by atoms with Crippen molar-refractivity contribution in [3.05, 3.63) is 59.2 Å². The molecule has 0 bridgehead atoms. The predicted octanol–water partition coefficient (Wildman–Crippen LogP) is 7.43. The Hall–Kier alpha value is -1.99. The van der Waals surface area contributed by atoms with E-state index in [0.717, 1.165) is 42.1 Å². The standard InChI is InChI=1S/C38H60O6/c1-5-7-8-9-29-10-16-33(17-11-29)34-18-13-30(14-19-34)12-15-32-20-21-35(22-31(32)6-2)36(25-43-37(41)27(3)23-39)26-44-38(42)28(4)24-40/h20-22,29-30,33-34,36-37,39-41H,3-19,23-26H2,1-2H3. The highest BCUT2D eigenvalue weighted by Gasteiger charge is 2.31. The third kappa shape index (κ3) is 11.4. The van der Waals surface area contributed by atoms with Gasteiger partial charge in [-0.2, -0.15) is 0 Å². The maximum Gasteiger partial charge on any atom is 0.335 e. The molecule has 44 heavy (non-hydrogen) atoms. The topological polar surface area (TPSA) is 96.2 Å². The molecule has 0 aromatic heterocycles. The minimum atomic E-state index is -1.31. The van der Waals surface area contributed by atoms with Gasteiger partial charge in [0.05, 0.1) is 25.4 Å². The van der Waals surface area contributed by atoms with Crippen LogP contribution in [-0.4, -0.2) is 54.0 Å². The van der Waals surface area contributed by atoms with Gasteiger partial charge >= 0.3 is 5.97 Å². The number of aryl methyl sites for hydroxylation is 2. The molecule has 2 fully saturated rings. The van der Waals surface area contributed by atoms with Crippen molar-refractivity contribution in [3.8, 4) is 0 Å². The minimum absolute atomic E-state index is 0.0119. The summed E-state index contributed by atoms with van der Waals surface area (Å²) in [4.78, 5) is 12.2. The van der Waals surface area contributed by atoms with Gasteiger partial charge in [-0.3, -0.25) is 0 Å². The number of ether oxygens (including phenoxy) is 2. The van der Waals surface area contributed by atoms with Gasteiger partial charge in [0.25, 0.3) is 0 Å². The first-order valence-corrected chi connectivity index (χ1v) is 17.4. The largest absolute Gasteiger partial charge is 0.462 e. The number of benzene rings is 1. The number of carbonyl (C=O) groups is 1. The van der Waals surface area contributed by atoms with Crippen molar-refractivity contribution >= 4 is 5.97 Å². The van der Waals surface area contributed by atoms with Gasteiger partial charge in [-0.15, -0.1) is 0 Å². The Labute approximate surface area is 266 Å². The van der Waals surface area contributed by atoms with E-state index >= 15 is 0 Å². The molecule has 1 aromatic carbocycles. The van der Waals surface area contributed by atoms with Crippen LogP contribution in [0.2, 0.25) is 0 Å². The van der Waals surface area contributed by atoms with Crippen LogP contribution in [0.15, 0.2) is 42.5 Å². The first-order valence-electron chi connectivity index (χ1n) is 17.4. The molecule has 6 heteroatoms. The molecule has 0 aliphatic heterocycles. The zero-order valence-electron chi connectivity index (χ0n) is 27.6. The third-order valence-corrected chi connectivity index (χ3v) is 10.5. The second kappa shape index (κ2) is 19.5. The lowest BCUT2D eigenvalue weighted by atomic mass is 9.68. The predicted molar refractivity (Wildman–Crippen MR) is 177 cm³/mol. The third-order valence-electron chi connectivity index (χ3n) is 10.5. The molecule has 6 nitrogen and oxygen atoms in total. The SMILES string of the molecule is C=C(CO)C(=O)OCC(COC(O)C(=C)CO)c1ccc(CCC2CCC(C3CCC(CCCCC)CC3)CC2)c(CC)c1. The summed E-state index contributed by atoms with van der Waals surface area (Å²) in [6.07, 6.45) is 18.9. The molecule has 2 saturated carbocycles. The van der Waals surface area contributed by atoms with Crippen LogP contribution in [-0.2, 0) is 27.1 Å². The van der Waals surface area contributed by atoms with E-state index in [4.69, 9.17) is 9.47 Å². The molecule has 0 saturated heterocycles. The van der Waals surface area contributed by atoms with E-state index in [9.17, 15) is 20.1 Å². The molecule has 3 rings (SSSR count). The van der Waals surface area contributed by atoms with Gasteiger partial charge in [0.2, 0.25) is 0 Å². The van der Waals surface area contributed by atoms with E-state index in [1.807, 2.05) is 0 Å². The highest BCUT2D eigenvalue weighted by molar-refractivity contribution is 5.87. The van der Waals surface area contributed by atoms with Crippen LogP contribution in [0.5, 0.6) is 0 Å². The smallest absolute Gasteiger partial charge is 0.335 e. The molecule has 0 radical (unpaired) electrons. The van der Waals surface area contributed by atoms with Crippen molar-refractivity contribution in [2.45, 2.75) is 122 Å². The Morgan fingerprint density at radius 3 is 2.07 bits per heavy atom. The van der Waals surface area contributed by atoms with Crippen molar-refractivity contribution in [2.24, 2.45) is 23.7 Å². The summed E-state index contributed by atoms with van der Waals surface area (Å²) in [6.45, 7) is 10.9. The zero-order valence-corrected chi connectivity index (χ0v) is 27.6. The average molecular weight is 613 g/mol. The normalized spacial score (nSPS) is 23.6. The first-order chi connectivity index (χ1) is 21.3. The molecule has 0 heterocycles. The van der Waals surface area contributed by atoms with Crippen molar-refractivity contribution < 1.29 is 29.6 Å². The fourth-order valence-corrected chi connectivity index (χ4v) is 7.40. The fourth-order valence-electron chi connectivity index (χ4n) is 7.40. The number of aliphatic hydroxyl groups excluding tert-OH is 3. The lowest BCUT2D eigenvalue weighted by Crippen LogP contribution is -2.26. The van der Waals surface area contributed by atoms with Gasteiger partial charge in [0, 0.05) is 11.5 Å². The summed E-state index contributed by atoms with van der Waals surface area (Å²) in [7, 11) is 0. The summed E-state index contributed by atoms with van der Waals surface area (Å²) in [5.41, 5.74) is 3.76. The van der Waals surface area contributed by atoms with E-state index in [1.54, 1.807) is 0 Å². The van der Waals surface area contributed by atoms with E-state index in [-0.39, 0.29) is 36.9 Å². The summed E-state index contributed by atoms with van der Waals surface area (Å²) < 4.78 is 11.0. The molecule has 2 aliphatic carbocycles. The highest BCUT2D eigenvalue weighted by Crippen LogP contribution is 2.43. The maximum atomic E-state index is 12.2. The number of aliphatic hydroxyl groups is 3. The van der Waals surface area contributed by atoms with Gasteiger partial charge in [-0.05, 0) is 85.3 Å². The van der Waals surface area contributed by atoms with Crippen LogP contribution in [0.3, 0.4) is 0 Å². The Balaban J connectivity index is 1.52. The second-order valence-electron chi connectivity index (χ2n) is 13.5. The molecule has 1 aromatic rings. The lowest BCUT2D eigenvalue weighted by molar-refractivity contribution is -0.141. The van der Waals surface area contributed by atoms with E-state index in [0.29, 0.717) is 0 Å². The van der Waals surface area contributed by atoms with Crippen LogP contribution in [0.25, 0.3) is 0 Å². The van der Waals surface area contributed by atoms with Crippen LogP contribution < -0.4 is 0 Å². The molecular formula is C38H60O6. The van der Waals surface area contributed by atoms with E-state index in [2.05, 4.69) is 45.2 Å². The van der Waals surface area contributed by atoms with Crippen LogP contribution in [0, 0.1) is 23.7 Å². The number of unbranched alkanes of at least 4 members (excludes halogenated alkanes) is 2. The number of carbonyl (C=O) groups excluding carboxylic acids is 1. The van der Waals surface area contributed by atoms with Gasteiger partial charge in [-0.25, -0.2) is 4.79 Å². The first kappa shape index (κ1) is 36.5. The van der Waals surface area contributed by atoms with Gasteiger partial charge < -0.3 is 24.8 Å². The Kier molecular flexibility index (Phi) is 16.2. The van der Waals surface area contributed by atoms with Crippen molar-refractivity contribution in [1.29, 1.82) is 0 Å². The molecule has 0 spiro atoms. The van der Waals surface area contributed by atoms with Gasteiger partial charge in [0.1, 0.15) is 6.61 Å². The van der Waals surface area contributed by atoms with Gasteiger partial charge in [-0.1, -0.05) is 96.6 Å². The van der Waals surface area contributed by atoms with Crippen molar-refractivity contribution in [2.75, 3.05) is 26.4 Å². The number of rotatable bonds is 19. The molecule has 3 N–H and O–H groups in total. The zero-order chi connectivity index (χ0) is 31.9. The van der Waals surface area contributed by atoms with Crippen molar-refractivity contribution in [3.63, 3.8) is 0 Å². The van der Waals surface area contributed by atoms with E-state index in [1.165, 1.54) is 94.6 Å². The van der Waals surface area contributed by atoms with Crippen LogP contribution in [0.4, 0.5) is 0 Å². The molecule has 2 atom stereocenters. The second-order valence-corrected chi connectivity index (χ2v) is 13.5. The van der Waals surface area contributed by atoms with Crippen LogP contribution in [0.1, 0.15) is 120 Å².